The van der Waals surface area contributed by atoms with Crippen LogP contribution >= 0.6 is 0 Å². The molecule has 0 radical (unpaired) electrons. The highest BCUT2D eigenvalue weighted by atomic mass is 19.1. The number of nitrogens with zero attached hydrogens (tertiary/aromatic N) is 1. The van der Waals surface area contributed by atoms with E-state index in [1.807, 2.05) is 36.4 Å². The van der Waals surface area contributed by atoms with Crippen molar-refractivity contribution in [2.75, 3.05) is 0 Å². The molecule has 2 aromatic heterocycles. The Balaban J connectivity index is 1.67. The molecule has 0 unspecified atom stereocenters. The van der Waals surface area contributed by atoms with Gasteiger partial charge in [0.05, 0.1) is 11.1 Å². The number of pyridine rings is 1. The summed E-state index contributed by atoms with van der Waals surface area (Å²) < 4.78 is 24.2. The Morgan fingerprint density at radius 2 is 1.44 bits per heavy atom. The van der Waals surface area contributed by atoms with E-state index >= 15 is 4.39 Å². The minimum Gasteiger partial charge on any atom is -0.454 e. The Morgan fingerprint density at radius 3 is 2.19 bits per heavy atom. The van der Waals surface area contributed by atoms with Crippen molar-refractivity contribution in [1.82, 2.24) is 0 Å². The van der Waals surface area contributed by atoms with E-state index in [0.717, 1.165) is 49.5 Å². The number of hydrogen-bond donors (Lipinski definition) is 0. The van der Waals surface area contributed by atoms with E-state index in [-0.39, 0.29) is 5.82 Å². The van der Waals surface area contributed by atoms with Gasteiger partial charge in [-0.1, -0.05) is 62.4 Å². The van der Waals surface area contributed by atoms with Crippen LogP contribution < -0.4 is 4.57 Å². The lowest BCUT2D eigenvalue weighted by Crippen LogP contribution is -2.32. The molecule has 0 saturated heterocycles. The summed E-state index contributed by atoms with van der Waals surface area (Å²) in [7, 11) is 2.08. The third-order valence-electron chi connectivity index (χ3n) is 7.40. The summed E-state index contributed by atoms with van der Waals surface area (Å²) >= 11 is 0. The number of benzene rings is 4. The van der Waals surface area contributed by atoms with Crippen molar-refractivity contribution in [3.8, 4) is 22.4 Å². The fourth-order valence-electron chi connectivity index (χ4n) is 5.58. The molecule has 2 nitrogen and oxygen atoms in total. The van der Waals surface area contributed by atoms with Gasteiger partial charge < -0.3 is 4.42 Å². The molecule has 0 aliphatic heterocycles. The molecule has 178 valence electrons. The first-order chi connectivity index (χ1) is 17.3. The molecule has 2 heterocycles. The molecule has 3 heteroatoms. The molecule has 0 bridgehead atoms. The second-order valence-electron chi connectivity index (χ2n) is 10.2. The van der Waals surface area contributed by atoms with Gasteiger partial charge in [-0.2, -0.15) is 0 Å². The van der Waals surface area contributed by atoms with Crippen LogP contribution in [0.5, 0.6) is 0 Å². The van der Waals surface area contributed by atoms with Gasteiger partial charge >= 0.3 is 0 Å². The fourth-order valence-corrected chi connectivity index (χ4v) is 5.58. The van der Waals surface area contributed by atoms with Gasteiger partial charge in [0.15, 0.2) is 6.20 Å². The van der Waals surface area contributed by atoms with Gasteiger partial charge in [-0.05, 0) is 65.4 Å². The van der Waals surface area contributed by atoms with E-state index in [0.29, 0.717) is 17.1 Å². The molecule has 0 saturated carbocycles. The third-order valence-corrected chi connectivity index (χ3v) is 7.40. The molecule has 4 aromatic carbocycles. The minimum atomic E-state index is -0.280. The van der Waals surface area contributed by atoms with Crippen LogP contribution in [0.15, 0.2) is 83.4 Å². The van der Waals surface area contributed by atoms with Crippen molar-refractivity contribution >= 4 is 32.7 Å². The van der Waals surface area contributed by atoms with Crippen LogP contribution in [0.1, 0.15) is 36.5 Å². The first-order valence-corrected chi connectivity index (χ1v) is 12.5. The maximum Gasteiger partial charge on any atom is 0.216 e. The Labute approximate surface area is 210 Å². The number of hydrogen-bond acceptors (Lipinski definition) is 1. The van der Waals surface area contributed by atoms with Crippen LogP contribution in [0, 0.1) is 19.7 Å². The van der Waals surface area contributed by atoms with Crippen molar-refractivity contribution in [1.29, 1.82) is 0 Å². The second-order valence-corrected chi connectivity index (χ2v) is 10.2. The second kappa shape index (κ2) is 8.30. The van der Waals surface area contributed by atoms with Crippen LogP contribution in [-0.2, 0) is 7.05 Å². The van der Waals surface area contributed by atoms with Gasteiger partial charge in [-0.3, -0.25) is 0 Å². The van der Waals surface area contributed by atoms with E-state index in [1.54, 1.807) is 6.07 Å². The Bertz CT molecular complexity index is 1810. The van der Waals surface area contributed by atoms with Crippen LogP contribution in [0.3, 0.4) is 0 Å². The topological polar surface area (TPSA) is 17.0 Å². The molecule has 0 N–H and O–H groups in total. The summed E-state index contributed by atoms with van der Waals surface area (Å²) in [5.41, 5.74) is 8.58. The number of rotatable bonds is 3. The molecule has 0 amide bonds. The summed E-state index contributed by atoms with van der Waals surface area (Å²) in [6.45, 7) is 8.72. The zero-order chi connectivity index (χ0) is 25.1. The number of aromatic nitrogens is 1. The average Bonchev–Trinajstić information content (AvgIpc) is 3.22. The molecule has 6 aromatic rings. The average molecular weight is 475 g/mol. The summed E-state index contributed by atoms with van der Waals surface area (Å²) in [6.07, 6.45) is 2.19. The Morgan fingerprint density at radius 1 is 0.750 bits per heavy atom. The predicted octanol–water partition coefficient (Wildman–Crippen LogP) is 8.78. The van der Waals surface area contributed by atoms with Crippen molar-refractivity contribution in [2.45, 2.75) is 33.6 Å². The van der Waals surface area contributed by atoms with Crippen LogP contribution in [-0.4, -0.2) is 0 Å². The SMILES string of the molecule is Cc1c[n+](C)c(-c2c(C)ccc3c2oc2c(-c4ccc5ccccc5c4)c(F)ccc23)cc1C(C)C. The van der Waals surface area contributed by atoms with Gasteiger partial charge in [0, 0.05) is 22.4 Å². The summed E-state index contributed by atoms with van der Waals surface area (Å²) in [5.74, 6) is 0.131. The van der Waals surface area contributed by atoms with Crippen molar-refractivity contribution in [3.05, 3.63) is 102 Å². The first kappa shape index (κ1) is 22.5. The molecule has 6 rings (SSSR count). The monoisotopic (exact) mass is 474 g/mol. The maximum atomic E-state index is 15.4. The highest BCUT2D eigenvalue weighted by Crippen LogP contribution is 2.42. The van der Waals surface area contributed by atoms with Gasteiger partial charge in [0.25, 0.3) is 0 Å². The molecular weight excluding hydrogens is 445 g/mol. The first-order valence-electron chi connectivity index (χ1n) is 12.5. The molecular formula is C33H29FNO+. The quantitative estimate of drug-likeness (QED) is 0.234. The normalized spacial score (nSPS) is 11.9. The van der Waals surface area contributed by atoms with E-state index in [9.17, 15) is 0 Å². The number of halogens is 1. The predicted molar refractivity (Wildman–Crippen MR) is 147 cm³/mol. The molecule has 0 spiro atoms. The number of furan rings is 1. The standard InChI is InChI=1S/C33H29FNO/c1-19(2)27-17-29(35(5)18-21(27)4)30-20(3)10-13-25-26-14-15-28(34)31(33(26)36-32(25)30)24-12-11-22-8-6-7-9-23(22)16-24/h6-19H,1-5H3/q+1. The Hall–Kier alpha value is -3.98. The van der Waals surface area contributed by atoms with E-state index < -0.39 is 0 Å². The molecule has 0 aliphatic rings. The minimum absolute atomic E-state index is 0.280. The van der Waals surface area contributed by atoms with Crippen LogP contribution in [0.4, 0.5) is 4.39 Å². The van der Waals surface area contributed by atoms with E-state index in [1.165, 1.54) is 11.1 Å². The highest BCUT2D eigenvalue weighted by Gasteiger charge is 2.24. The van der Waals surface area contributed by atoms with Crippen LogP contribution in [0.25, 0.3) is 55.1 Å². The lowest BCUT2D eigenvalue weighted by Gasteiger charge is -2.12. The van der Waals surface area contributed by atoms with Crippen molar-refractivity contribution in [3.63, 3.8) is 0 Å². The van der Waals surface area contributed by atoms with Crippen molar-refractivity contribution < 1.29 is 13.4 Å². The van der Waals surface area contributed by atoms with Crippen LogP contribution in [0.2, 0.25) is 0 Å². The zero-order valence-electron chi connectivity index (χ0n) is 21.3. The largest absolute Gasteiger partial charge is 0.454 e. The van der Waals surface area contributed by atoms with Gasteiger partial charge in [0.2, 0.25) is 5.69 Å². The van der Waals surface area contributed by atoms with E-state index in [4.69, 9.17) is 4.42 Å². The summed E-state index contributed by atoms with van der Waals surface area (Å²) in [5, 5.41) is 4.13. The third kappa shape index (κ3) is 3.42. The fraction of sp³-hybridized carbons (Fsp3) is 0.182. The summed E-state index contributed by atoms with van der Waals surface area (Å²) in [4.78, 5) is 0. The molecule has 0 fully saturated rings. The Kier molecular flexibility index (Phi) is 5.19. The number of aryl methyl sites for hydroxylation is 3. The van der Waals surface area contributed by atoms with Gasteiger partial charge in [0.1, 0.15) is 24.0 Å². The molecule has 0 atom stereocenters. The maximum absolute atomic E-state index is 15.4. The lowest BCUT2D eigenvalue weighted by atomic mass is 9.94. The zero-order valence-corrected chi connectivity index (χ0v) is 21.3. The smallest absolute Gasteiger partial charge is 0.216 e. The van der Waals surface area contributed by atoms with Gasteiger partial charge in [-0.25, -0.2) is 8.96 Å². The van der Waals surface area contributed by atoms with Gasteiger partial charge in [-0.15, -0.1) is 0 Å². The highest BCUT2D eigenvalue weighted by molar-refractivity contribution is 6.13. The lowest BCUT2D eigenvalue weighted by molar-refractivity contribution is -0.660. The van der Waals surface area contributed by atoms with Crippen molar-refractivity contribution in [2.24, 2.45) is 7.05 Å². The van der Waals surface area contributed by atoms with E-state index in [2.05, 4.69) is 75.8 Å². The molecule has 36 heavy (non-hydrogen) atoms. The summed E-state index contributed by atoms with van der Waals surface area (Å²) in [6, 6.07) is 24.1. The number of fused-ring (bicyclic) bond motifs is 4. The molecule has 0 aliphatic carbocycles.